The van der Waals surface area contributed by atoms with E-state index in [9.17, 15) is 18.3 Å². The normalized spacial score (nSPS) is 11.1. The summed E-state index contributed by atoms with van der Waals surface area (Å²) >= 11 is 6.09. The molecule has 0 aliphatic carbocycles. The molecule has 0 radical (unpaired) electrons. The summed E-state index contributed by atoms with van der Waals surface area (Å²) in [6, 6.07) is 19.9. The zero-order valence-corrected chi connectivity index (χ0v) is 17.0. The smallest absolute Gasteiger partial charge is 0.324 e. The Morgan fingerprint density at radius 3 is 2.31 bits per heavy atom. The van der Waals surface area contributed by atoms with E-state index >= 15 is 0 Å². The van der Waals surface area contributed by atoms with Gasteiger partial charge in [-0.3, -0.25) is 9.10 Å². The fourth-order valence-electron chi connectivity index (χ4n) is 2.91. The van der Waals surface area contributed by atoms with Gasteiger partial charge in [-0.1, -0.05) is 60.1 Å². The molecular weight excluding hydrogens is 414 g/mol. The number of methoxy groups -OCH3 is 1. The molecule has 0 aromatic heterocycles. The number of halogens is 1. The van der Waals surface area contributed by atoms with Crippen LogP contribution in [-0.2, 0) is 14.8 Å². The van der Waals surface area contributed by atoms with E-state index in [-0.39, 0.29) is 15.6 Å². The molecular formula is C21H18ClNO5S. The zero-order valence-electron chi connectivity index (χ0n) is 15.4. The summed E-state index contributed by atoms with van der Waals surface area (Å²) in [5.41, 5.74) is 1.62. The number of rotatable bonds is 7. The first kappa shape index (κ1) is 20.7. The molecule has 3 rings (SSSR count). The molecule has 0 unspecified atom stereocenters. The molecule has 29 heavy (non-hydrogen) atoms. The van der Waals surface area contributed by atoms with Gasteiger partial charge in [0.05, 0.1) is 22.7 Å². The minimum absolute atomic E-state index is 0.111. The fourth-order valence-corrected chi connectivity index (χ4v) is 4.69. The zero-order chi connectivity index (χ0) is 21.0. The lowest BCUT2D eigenvalue weighted by Gasteiger charge is -2.25. The Bertz CT molecular complexity index is 1130. The largest absolute Gasteiger partial charge is 0.495 e. The van der Waals surface area contributed by atoms with Crippen molar-refractivity contribution in [1.82, 2.24) is 0 Å². The molecule has 0 fully saturated rings. The molecule has 0 amide bonds. The third kappa shape index (κ3) is 4.36. The van der Waals surface area contributed by atoms with Crippen LogP contribution in [0.3, 0.4) is 0 Å². The van der Waals surface area contributed by atoms with Crippen molar-refractivity contribution >= 4 is 33.3 Å². The summed E-state index contributed by atoms with van der Waals surface area (Å²) in [5.74, 6) is -0.962. The van der Waals surface area contributed by atoms with Crippen molar-refractivity contribution < 1.29 is 23.1 Å². The Hall–Kier alpha value is -3.03. The monoisotopic (exact) mass is 431 g/mol. The van der Waals surface area contributed by atoms with Gasteiger partial charge in [-0.25, -0.2) is 8.42 Å². The highest BCUT2D eigenvalue weighted by Gasteiger charge is 2.29. The SMILES string of the molecule is COc1ccc(S(=O)(=O)N(CC(=O)O)c2ccccc2-c2ccccc2)cc1Cl. The van der Waals surface area contributed by atoms with E-state index in [1.54, 1.807) is 24.3 Å². The second kappa shape index (κ2) is 8.55. The highest BCUT2D eigenvalue weighted by molar-refractivity contribution is 7.92. The van der Waals surface area contributed by atoms with E-state index in [1.807, 2.05) is 30.3 Å². The van der Waals surface area contributed by atoms with E-state index < -0.39 is 22.5 Å². The van der Waals surface area contributed by atoms with Gasteiger partial charge in [0.15, 0.2) is 0 Å². The molecule has 0 heterocycles. The Morgan fingerprint density at radius 1 is 1.03 bits per heavy atom. The number of benzene rings is 3. The number of aliphatic carboxylic acids is 1. The van der Waals surface area contributed by atoms with E-state index in [4.69, 9.17) is 16.3 Å². The Morgan fingerprint density at radius 2 is 1.69 bits per heavy atom. The van der Waals surface area contributed by atoms with Crippen LogP contribution in [0.1, 0.15) is 0 Å². The lowest BCUT2D eigenvalue weighted by Crippen LogP contribution is -2.36. The van der Waals surface area contributed by atoms with Gasteiger partial charge in [0.1, 0.15) is 12.3 Å². The second-order valence-electron chi connectivity index (χ2n) is 6.08. The predicted molar refractivity (Wildman–Crippen MR) is 112 cm³/mol. The van der Waals surface area contributed by atoms with Crippen LogP contribution in [0.25, 0.3) is 11.1 Å². The Labute approximate surface area is 174 Å². The highest BCUT2D eigenvalue weighted by atomic mass is 35.5. The van der Waals surface area contributed by atoms with Crippen molar-refractivity contribution in [3.05, 3.63) is 77.8 Å². The number of nitrogens with zero attached hydrogens (tertiary/aromatic N) is 1. The third-order valence-corrected chi connectivity index (χ3v) is 6.30. The van der Waals surface area contributed by atoms with Gasteiger partial charge < -0.3 is 9.84 Å². The quantitative estimate of drug-likeness (QED) is 0.603. The molecule has 6 nitrogen and oxygen atoms in total. The van der Waals surface area contributed by atoms with Gasteiger partial charge >= 0.3 is 5.97 Å². The summed E-state index contributed by atoms with van der Waals surface area (Å²) in [6.45, 7) is -0.740. The number of anilines is 1. The fraction of sp³-hybridized carbons (Fsp3) is 0.0952. The molecule has 0 saturated heterocycles. The number of sulfonamides is 1. The van der Waals surface area contributed by atoms with Crippen molar-refractivity contribution in [1.29, 1.82) is 0 Å². The van der Waals surface area contributed by atoms with Gasteiger partial charge in [-0.15, -0.1) is 0 Å². The molecule has 0 aliphatic heterocycles. The van der Waals surface area contributed by atoms with Crippen molar-refractivity contribution in [3.63, 3.8) is 0 Å². The molecule has 0 spiro atoms. The molecule has 3 aromatic carbocycles. The Kier molecular flexibility index (Phi) is 6.10. The number of hydrogen-bond acceptors (Lipinski definition) is 4. The lowest BCUT2D eigenvalue weighted by molar-refractivity contribution is -0.135. The first-order chi connectivity index (χ1) is 13.8. The lowest BCUT2D eigenvalue weighted by atomic mass is 10.0. The topological polar surface area (TPSA) is 83.9 Å². The van der Waals surface area contributed by atoms with E-state index in [0.29, 0.717) is 11.3 Å². The van der Waals surface area contributed by atoms with Crippen LogP contribution in [0.2, 0.25) is 5.02 Å². The van der Waals surface area contributed by atoms with Crippen molar-refractivity contribution in [2.24, 2.45) is 0 Å². The molecule has 0 saturated carbocycles. The minimum Gasteiger partial charge on any atom is -0.495 e. The summed E-state index contributed by atoms with van der Waals surface area (Å²) in [6.07, 6.45) is 0. The number of carboxylic acid groups (broad SMARTS) is 1. The van der Waals surface area contributed by atoms with Crippen LogP contribution in [0.15, 0.2) is 77.7 Å². The van der Waals surface area contributed by atoms with Crippen LogP contribution in [0, 0.1) is 0 Å². The van der Waals surface area contributed by atoms with Crippen LogP contribution in [0.4, 0.5) is 5.69 Å². The molecule has 3 aromatic rings. The number of para-hydroxylation sites is 1. The summed E-state index contributed by atoms with van der Waals surface area (Å²) in [4.78, 5) is 11.4. The molecule has 0 aliphatic rings. The van der Waals surface area contributed by atoms with Gasteiger partial charge in [0.25, 0.3) is 10.0 Å². The van der Waals surface area contributed by atoms with Crippen LogP contribution < -0.4 is 9.04 Å². The predicted octanol–water partition coefficient (Wildman–Crippen LogP) is 4.30. The van der Waals surface area contributed by atoms with Gasteiger partial charge in [0, 0.05) is 5.56 Å². The van der Waals surface area contributed by atoms with Crippen LogP contribution in [0.5, 0.6) is 5.75 Å². The second-order valence-corrected chi connectivity index (χ2v) is 8.35. The van der Waals surface area contributed by atoms with E-state index in [0.717, 1.165) is 9.87 Å². The Balaban J connectivity index is 2.18. The van der Waals surface area contributed by atoms with Crippen molar-refractivity contribution in [2.75, 3.05) is 18.0 Å². The van der Waals surface area contributed by atoms with Crippen LogP contribution >= 0.6 is 11.6 Å². The number of ether oxygens (including phenoxy) is 1. The average Bonchev–Trinajstić information content (AvgIpc) is 2.72. The molecule has 150 valence electrons. The average molecular weight is 432 g/mol. The van der Waals surface area contributed by atoms with Crippen molar-refractivity contribution in [3.8, 4) is 16.9 Å². The van der Waals surface area contributed by atoms with E-state index in [1.165, 1.54) is 25.3 Å². The number of carbonyl (C=O) groups is 1. The van der Waals surface area contributed by atoms with Gasteiger partial charge in [-0.2, -0.15) is 0 Å². The summed E-state index contributed by atoms with van der Waals surface area (Å²) in [5, 5.41) is 9.51. The maximum atomic E-state index is 13.4. The maximum Gasteiger partial charge on any atom is 0.324 e. The number of hydrogen-bond donors (Lipinski definition) is 1. The van der Waals surface area contributed by atoms with Crippen LogP contribution in [-0.4, -0.2) is 33.1 Å². The molecule has 0 atom stereocenters. The van der Waals surface area contributed by atoms with Gasteiger partial charge in [0.2, 0.25) is 0 Å². The first-order valence-corrected chi connectivity index (χ1v) is 10.4. The number of carboxylic acids is 1. The summed E-state index contributed by atoms with van der Waals surface area (Å²) in [7, 11) is -2.80. The van der Waals surface area contributed by atoms with E-state index in [2.05, 4.69) is 0 Å². The molecule has 1 N–H and O–H groups in total. The molecule has 0 bridgehead atoms. The first-order valence-electron chi connectivity index (χ1n) is 8.57. The summed E-state index contributed by atoms with van der Waals surface area (Å²) < 4.78 is 32.7. The van der Waals surface area contributed by atoms with Crippen molar-refractivity contribution in [2.45, 2.75) is 4.90 Å². The third-order valence-electron chi connectivity index (χ3n) is 4.25. The minimum atomic E-state index is -4.21. The standard InChI is InChI=1S/C21H18ClNO5S/c1-28-20-12-11-16(13-18(20)22)29(26,27)23(14-21(24)25)19-10-6-5-9-17(19)15-7-3-2-4-8-15/h2-13H,14H2,1H3,(H,24,25). The maximum absolute atomic E-state index is 13.4. The van der Waals surface area contributed by atoms with Gasteiger partial charge in [-0.05, 0) is 29.8 Å². The molecule has 8 heteroatoms. The highest BCUT2D eigenvalue weighted by Crippen LogP contribution is 2.35.